The monoisotopic (exact) mass is 566 g/mol. The molecule has 0 bridgehead atoms. The summed E-state index contributed by atoms with van der Waals surface area (Å²) in [5, 5.41) is 0. The van der Waals surface area contributed by atoms with E-state index in [1.54, 1.807) is 29.2 Å². The predicted molar refractivity (Wildman–Crippen MR) is 154 cm³/mol. The highest BCUT2D eigenvalue weighted by Crippen LogP contribution is 2.28. The first-order valence-electron chi connectivity index (χ1n) is 14.1. The summed E-state index contributed by atoms with van der Waals surface area (Å²) in [6.45, 7) is 2.78. The summed E-state index contributed by atoms with van der Waals surface area (Å²) < 4.78 is 31.0. The van der Waals surface area contributed by atoms with Crippen LogP contribution in [0.3, 0.4) is 0 Å². The molecule has 2 aliphatic heterocycles. The lowest BCUT2D eigenvalue weighted by atomic mass is 9.88. The fourth-order valence-corrected chi connectivity index (χ4v) is 6.36. The molecule has 9 nitrogen and oxygen atoms in total. The molecular formula is C30H38N4O5S. The number of carbonyl (C=O) groups excluding carboxylic acids is 2. The van der Waals surface area contributed by atoms with Crippen LogP contribution in [0.25, 0.3) is 0 Å². The number of hydrogen-bond donors (Lipinski definition) is 1. The van der Waals surface area contributed by atoms with Gasteiger partial charge < -0.3 is 14.5 Å². The summed E-state index contributed by atoms with van der Waals surface area (Å²) in [6, 6.07) is 14.9. The van der Waals surface area contributed by atoms with Gasteiger partial charge in [-0.25, -0.2) is 8.42 Å². The zero-order chi connectivity index (χ0) is 28.1. The van der Waals surface area contributed by atoms with Crippen LogP contribution in [-0.2, 0) is 26.2 Å². The number of carbonyl (C=O) groups is 2. The van der Waals surface area contributed by atoms with Gasteiger partial charge in [-0.1, -0.05) is 31.4 Å². The van der Waals surface area contributed by atoms with Crippen molar-refractivity contribution in [3.05, 3.63) is 66.5 Å². The van der Waals surface area contributed by atoms with Crippen molar-refractivity contribution in [1.82, 2.24) is 14.7 Å². The molecule has 0 radical (unpaired) electrons. The highest BCUT2D eigenvalue weighted by atomic mass is 32.2. The maximum atomic E-state index is 12.9. The third-order valence-electron chi connectivity index (χ3n) is 7.91. The number of amides is 2. The van der Waals surface area contributed by atoms with E-state index in [1.807, 2.05) is 29.4 Å². The lowest BCUT2D eigenvalue weighted by molar-refractivity contribution is -0.142. The quantitative estimate of drug-likeness (QED) is 0.504. The number of likely N-dealkylation sites (tertiary alicyclic amines) is 1. The normalized spacial score (nSPS) is 19.6. The standard InChI is InChI=1S/C30H38N4O5S/c1-40(37,38)31-25-9-13-28(14-10-25)39-27-11-7-23(8-12-27)21-32-17-15-26(16-18-32)34-20-19-33(22-29(34)35)30(36)24-5-3-2-4-6-24/h7-14,19-20,24,26,31H,2-6,15-18,21-22H2,1H3. The first-order valence-corrected chi connectivity index (χ1v) is 16.0. The van der Waals surface area contributed by atoms with Gasteiger partial charge in [0, 0.05) is 49.7 Å². The second kappa shape index (κ2) is 12.4. The molecule has 2 heterocycles. The van der Waals surface area contributed by atoms with E-state index in [2.05, 4.69) is 21.8 Å². The zero-order valence-electron chi connectivity index (χ0n) is 23.0. The lowest BCUT2D eigenvalue weighted by Crippen LogP contribution is -2.51. The van der Waals surface area contributed by atoms with E-state index >= 15 is 0 Å². The highest BCUT2D eigenvalue weighted by Gasteiger charge is 2.33. The van der Waals surface area contributed by atoms with Crippen molar-refractivity contribution >= 4 is 27.5 Å². The molecular weight excluding hydrogens is 528 g/mol. The Kier molecular flexibility index (Phi) is 8.75. The Morgan fingerprint density at radius 2 is 1.52 bits per heavy atom. The van der Waals surface area contributed by atoms with Crippen LogP contribution in [0.15, 0.2) is 60.9 Å². The fraction of sp³-hybridized carbons (Fsp3) is 0.467. The van der Waals surface area contributed by atoms with Crippen LogP contribution in [0.2, 0.25) is 0 Å². The van der Waals surface area contributed by atoms with Crippen LogP contribution in [0.1, 0.15) is 50.5 Å². The Morgan fingerprint density at radius 1 is 0.900 bits per heavy atom. The number of hydrogen-bond acceptors (Lipinski definition) is 6. The molecule has 10 heteroatoms. The third kappa shape index (κ3) is 7.42. The summed E-state index contributed by atoms with van der Waals surface area (Å²) in [5.74, 6) is 1.52. The topological polar surface area (TPSA) is 99.3 Å². The number of nitrogens with one attached hydrogen (secondary N) is 1. The van der Waals surface area contributed by atoms with Gasteiger partial charge in [0.2, 0.25) is 21.8 Å². The van der Waals surface area contributed by atoms with E-state index < -0.39 is 10.0 Å². The molecule has 5 rings (SSSR count). The summed E-state index contributed by atoms with van der Waals surface area (Å²) >= 11 is 0. The van der Waals surface area contributed by atoms with Crippen LogP contribution in [0.5, 0.6) is 11.5 Å². The molecule has 214 valence electrons. The van der Waals surface area contributed by atoms with Crippen molar-refractivity contribution in [2.24, 2.45) is 5.92 Å². The molecule has 0 spiro atoms. The highest BCUT2D eigenvalue weighted by molar-refractivity contribution is 7.92. The van der Waals surface area contributed by atoms with Crippen LogP contribution >= 0.6 is 0 Å². The van der Waals surface area contributed by atoms with Crippen LogP contribution in [0.4, 0.5) is 5.69 Å². The minimum atomic E-state index is -3.31. The summed E-state index contributed by atoms with van der Waals surface area (Å²) in [4.78, 5) is 31.6. The van der Waals surface area contributed by atoms with E-state index in [9.17, 15) is 18.0 Å². The summed E-state index contributed by atoms with van der Waals surface area (Å²) in [7, 11) is -3.31. The maximum Gasteiger partial charge on any atom is 0.246 e. The van der Waals surface area contributed by atoms with Gasteiger partial charge >= 0.3 is 0 Å². The van der Waals surface area contributed by atoms with Gasteiger partial charge in [0.15, 0.2) is 0 Å². The summed E-state index contributed by atoms with van der Waals surface area (Å²) in [6.07, 6.45) is 11.8. The molecule has 1 aliphatic carbocycles. The van der Waals surface area contributed by atoms with E-state index in [-0.39, 0.29) is 30.3 Å². The van der Waals surface area contributed by atoms with Crippen LogP contribution in [0, 0.1) is 5.92 Å². The van der Waals surface area contributed by atoms with Gasteiger partial charge in [-0.15, -0.1) is 0 Å². The first-order chi connectivity index (χ1) is 19.2. The number of benzene rings is 2. The maximum absolute atomic E-state index is 12.9. The second-order valence-corrected chi connectivity index (χ2v) is 12.8. The number of piperidine rings is 1. The Bertz CT molecular complexity index is 1310. The van der Waals surface area contributed by atoms with Gasteiger partial charge in [-0.05, 0) is 67.6 Å². The van der Waals surface area contributed by atoms with E-state index in [0.29, 0.717) is 17.2 Å². The van der Waals surface area contributed by atoms with Crippen LogP contribution < -0.4 is 9.46 Å². The molecule has 1 N–H and O–H groups in total. The second-order valence-electron chi connectivity index (χ2n) is 11.1. The van der Waals surface area contributed by atoms with E-state index in [4.69, 9.17) is 4.74 Å². The molecule has 2 aromatic carbocycles. The van der Waals surface area contributed by atoms with Crippen molar-refractivity contribution in [2.75, 3.05) is 30.6 Å². The Balaban J connectivity index is 1.08. The van der Waals surface area contributed by atoms with Crippen molar-refractivity contribution in [3.63, 3.8) is 0 Å². The number of ether oxygens (including phenoxy) is 1. The molecule has 2 aromatic rings. The van der Waals surface area contributed by atoms with Crippen LogP contribution in [-0.4, -0.2) is 66.9 Å². The SMILES string of the molecule is CS(=O)(=O)Nc1ccc(Oc2ccc(CN3CCC(N4C=CN(C(=O)C5CCCCC5)CC4=O)CC3)cc2)cc1. The Labute approximate surface area is 236 Å². The molecule has 3 aliphatic rings. The molecule has 1 saturated carbocycles. The lowest BCUT2D eigenvalue weighted by Gasteiger charge is -2.40. The van der Waals surface area contributed by atoms with Gasteiger partial charge in [0.1, 0.15) is 18.0 Å². The number of sulfonamides is 1. The smallest absolute Gasteiger partial charge is 0.246 e. The molecule has 1 saturated heterocycles. The number of anilines is 1. The zero-order valence-corrected chi connectivity index (χ0v) is 23.8. The number of nitrogens with zero attached hydrogens (tertiary/aromatic N) is 3. The minimum absolute atomic E-state index is 0.0157. The van der Waals surface area contributed by atoms with Crippen molar-refractivity contribution in [1.29, 1.82) is 0 Å². The molecule has 0 atom stereocenters. The average Bonchev–Trinajstić information content (AvgIpc) is 2.95. The average molecular weight is 567 g/mol. The third-order valence-corrected chi connectivity index (χ3v) is 8.52. The van der Waals surface area contributed by atoms with Gasteiger partial charge in [-0.2, -0.15) is 0 Å². The Morgan fingerprint density at radius 3 is 2.12 bits per heavy atom. The first kappa shape index (κ1) is 28.2. The van der Waals surface area contributed by atoms with Gasteiger partial charge in [-0.3, -0.25) is 19.2 Å². The van der Waals surface area contributed by atoms with E-state index in [1.165, 1.54) is 12.0 Å². The fourth-order valence-electron chi connectivity index (χ4n) is 5.79. The molecule has 40 heavy (non-hydrogen) atoms. The van der Waals surface area contributed by atoms with Gasteiger partial charge in [0.05, 0.1) is 6.26 Å². The number of rotatable bonds is 8. The Hall–Kier alpha value is -3.37. The molecule has 2 fully saturated rings. The molecule has 0 aromatic heterocycles. The summed E-state index contributed by atoms with van der Waals surface area (Å²) in [5.41, 5.74) is 1.67. The van der Waals surface area contributed by atoms with Crippen molar-refractivity contribution in [3.8, 4) is 11.5 Å². The van der Waals surface area contributed by atoms with E-state index in [0.717, 1.165) is 64.4 Å². The van der Waals surface area contributed by atoms with Crippen molar-refractivity contribution in [2.45, 2.75) is 57.5 Å². The predicted octanol–water partition coefficient (Wildman–Crippen LogP) is 4.54. The molecule has 0 unspecified atom stereocenters. The minimum Gasteiger partial charge on any atom is -0.457 e. The van der Waals surface area contributed by atoms with Crippen molar-refractivity contribution < 1.29 is 22.7 Å². The van der Waals surface area contributed by atoms with Gasteiger partial charge in [0.25, 0.3) is 0 Å². The largest absolute Gasteiger partial charge is 0.457 e. The molecule has 2 amide bonds.